The molecule has 1 unspecified atom stereocenters. The van der Waals surface area contributed by atoms with Crippen LogP contribution in [0.25, 0.3) is 0 Å². The van der Waals surface area contributed by atoms with Gasteiger partial charge in [0.25, 0.3) is 0 Å². The van der Waals surface area contributed by atoms with E-state index in [9.17, 15) is 0 Å². The molecule has 104 valence electrons. The molecule has 1 aromatic carbocycles. The molecule has 1 atom stereocenters. The summed E-state index contributed by atoms with van der Waals surface area (Å²) in [6, 6.07) is 7.13. The highest BCUT2D eigenvalue weighted by Gasteiger charge is 2.17. The van der Waals surface area contributed by atoms with E-state index in [1.54, 1.807) is 5.57 Å². The molecule has 0 saturated carbocycles. The fourth-order valence-electron chi connectivity index (χ4n) is 2.90. The highest BCUT2D eigenvalue weighted by atomic mass is 79.9. The van der Waals surface area contributed by atoms with Gasteiger partial charge < -0.3 is 5.32 Å². The molecule has 1 nitrogen and oxygen atoms in total. The van der Waals surface area contributed by atoms with Gasteiger partial charge in [-0.2, -0.15) is 0 Å². The summed E-state index contributed by atoms with van der Waals surface area (Å²) in [6.45, 7) is 5.36. The SMILES string of the molecule is CCNC(C1=CCCCCC1)c1cc(C)cc(Br)c1. The van der Waals surface area contributed by atoms with Crippen molar-refractivity contribution in [2.75, 3.05) is 6.54 Å². The molecule has 19 heavy (non-hydrogen) atoms. The highest BCUT2D eigenvalue weighted by molar-refractivity contribution is 9.10. The van der Waals surface area contributed by atoms with Crippen molar-refractivity contribution in [2.24, 2.45) is 0 Å². The maximum absolute atomic E-state index is 3.66. The standard InChI is InChI=1S/C17H24BrN/c1-3-19-17(14-8-6-4-5-7-9-14)15-10-13(2)11-16(18)12-15/h8,10-12,17,19H,3-7,9H2,1-2H3. The number of likely N-dealkylation sites (N-methyl/N-ethyl adjacent to an activating group) is 1. The third-order valence-corrected chi connectivity index (χ3v) is 4.21. The molecule has 1 N–H and O–H groups in total. The van der Waals surface area contributed by atoms with Crippen LogP contribution in [0.5, 0.6) is 0 Å². The quantitative estimate of drug-likeness (QED) is 0.742. The van der Waals surface area contributed by atoms with E-state index in [0.29, 0.717) is 6.04 Å². The van der Waals surface area contributed by atoms with E-state index in [1.165, 1.54) is 47.7 Å². The molecule has 1 aliphatic rings. The summed E-state index contributed by atoms with van der Waals surface area (Å²) in [5.74, 6) is 0. The van der Waals surface area contributed by atoms with Crippen LogP contribution in [0.1, 0.15) is 56.2 Å². The minimum absolute atomic E-state index is 0.388. The summed E-state index contributed by atoms with van der Waals surface area (Å²) < 4.78 is 1.18. The van der Waals surface area contributed by atoms with Gasteiger partial charge >= 0.3 is 0 Å². The lowest BCUT2D eigenvalue weighted by Gasteiger charge is -2.22. The van der Waals surface area contributed by atoms with E-state index >= 15 is 0 Å². The monoisotopic (exact) mass is 321 g/mol. The lowest BCUT2D eigenvalue weighted by molar-refractivity contribution is 0.589. The summed E-state index contributed by atoms with van der Waals surface area (Å²) in [6.07, 6.45) is 9.00. The maximum Gasteiger partial charge on any atom is 0.0536 e. The molecular weight excluding hydrogens is 298 g/mol. The summed E-state index contributed by atoms with van der Waals surface area (Å²) in [7, 11) is 0. The van der Waals surface area contributed by atoms with Crippen molar-refractivity contribution in [2.45, 2.75) is 52.0 Å². The number of aryl methyl sites for hydroxylation is 1. The average Bonchev–Trinajstić information content (AvgIpc) is 2.63. The minimum Gasteiger partial charge on any atom is -0.307 e. The number of halogens is 1. The predicted molar refractivity (Wildman–Crippen MR) is 86.5 cm³/mol. The van der Waals surface area contributed by atoms with Crippen LogP contribution in [0.2, 0.25) is 0 Å². The van der Waals surface area contributed by atoms with Gasteiger partial charge in [0, 0.05) is 4.47 Å². The normalized spacial score (nSPS) is 17.7. The molecule has 1 aromatic rings. The van der Waals surface area contributed by atoms with Crippen LogP contribution in [0.15, 0.2) is 34.3 Å². The number of rotatable bonds is 4. The van der Waals surface area contributed by atoms with Gasteiger partial charge in [0.15, 0.2) is 0 Å². The summed E-state index contributed by atoms with van der Waals surface area (Å²) >= 11 is 3.62. The number of benzene rings is 1. The molecule has 2 heteroatoms. The van der Waals surface area contributed by atoms with Gasteiger partial charge in [0.2, 0.25) is 0 Å². The second-order valence-electron chi connectivity index (χ2n) is 5.43. The summed E-state index contributed by atoms with van der Waals surface area (Å²) in [5, 5.41) is 3.66. The second kappa shape index (κ2) is 7.25. The average molecular weight is 322 g/mol. The van der Waals surface area contributed by atoms with E-state index in [2.05, 4.69) is 59.4 Å². The molecule has 0 aromatic heterocycles. The van der Waals surface area contributed by atoms with Crippen molar-refractivity contribution in [1.29, 1.82) is 0 Å². The lowest BCUT2D eigenvalue weighted by atomic mass is 9.94. The first-order valence-corrected chi connectivity index (χ1v) is 8.19. The van der Waals surface area contributed by atoms with Crippen molar-refractivity contribution < 1.29 is 0 Å². The molecule has 0 fully saturated rings. The first-order valence-electron chi connectivity index (χ1n) is 7.40. The maximum atomic E-state index is 3.66. The molecule has 2 rings (SSSR count). The molecule has 0 bridgehead atoms. The Balaban J connectivity index is 2.30. The van der Waals surface area contributed by atoms with Crippen molar-refractivity contribution in [1.82, 2.24) is 5.32 Å². The van der Waals surface area contributed by atoms with Crippen molar-refractivity contribution >= 4 is 15.9 Å². The van der Waals surface area contributed by atoms with Crippen molar-refractivity contribution in [3.63, 3.8) is 0 Å². The largest absolute Gasteiger partial charge is 0.307 e. The Hall–Kier alpha value is -0.600. The first kappa shape index (κ1) is 14.8. The van der Waals surface area contributed by atoms with Gasteiger partial charge in [-0.15, -0.1) is 0 Å². The Bertz CT molecular complexity index is 430. The Morgan fingerprint density at radius 3 is 2.79 bits per heavy atom. The molecule has 0 heterocycles. The van der Waals surface area contributed by atoms with E-state index in [4.69, 9.17) is 0 Å². The highest BCUT2D eigenvalue weighted by Crippen LogP contribution is 2.31. The van der Waals surface area contributed by atoms with Gasteiger partial charge in [-0.05, 0) is 62.4 Å². The summed E-state index contributed by atoms with van der Waals surface area (Å²) in [5.41, 5.74) is 4.29. The van der Waals surface area contributed by atoms with Crippen LogP contribution in [-0.2, 0) is 0 Å². The van der Waals surface area contributed by atoms with Crippen LogP contribution in [-0.4, -0.2) is 6.54 Å². The van der Waals surface area contributed by atoms with E-state index < -0.39 is 0 Å². The zero-order chi connectivity index (χ0) is 13.7. The molecular formula is C17H24BrN. The van der Waals surface area contributed by atoms with Gasteiger partial charge in [0.05, 0.1) is 6.04 Å². The van der Waals surface area contributed by atoms with Crippen LogP contribution in [0, 0.1) is 6.92 Å². The van der Waals surface area contributed by atoms with Gasteiger partial charge in [-0.25, -0.2) is 0 Å². The van der Waals surface area contributed by atoms with Crippen LogP contribution < -0.4 is 5.32 Å². The number of nitrogens with one attached hydrogen (secondary N) is 1. The molecule has 0 amide bonds. The Morgan fingerprint density at radius 1 is 1.21 bits per heavy atom. The van der Waals surface area contributed by atoms with E-state index in [-0.39, 0.29) is 0 Å². The molecule has 0 saturated heterocycles. The molecule has 0 spiro atoms. The third kappa shape index (κ3) is 4.19. The predicted octanol–water partition coefficient (Wildman–Crippen LogP) is 5.30. The topological polar surface area (TPSA) is 12.0 Å². The van der Waals surface area contributed by atoms with Crippen molar-refractivity contribution in [3.8, 4) is 0 Å². The zero-order valence-corrected chi connectivity index (χ0v) is 13.6. The molecule has 1 aliphatic carbocycles. The Labute approximate surface area is 125 Å². The van der Waals surface area contributed by atoms with E-state index in [0.717, 1.165) is 6.54 Å². The van der Waals surface area contributed by atoms with Gasteiger partial charge in [-0.3, -0.25) is 0 Å². The fraction of sp³-hybridized carbons (Fsp3) is 0.529. The van der Waals surface area contributed by atoms with Crippen LogP contribution in [0.3, 0.4) is 0 Å². The third-order valence-electron chi connectivity index (χ3n) is 3.75. The van der Waals surface area contributed by atoms with Crippen LogP contribution >= 0.6 is 15.9 Å². The van der Waals surface area contributed by atoms with Crippen molar-refractivity contribution in [3.05, 3.63) is 45.4 Å². The van der Waals surface area contributed by atoms with E-state index in [1.807, 2.05) is 0 Å². The summed E-state index contributed by atoms with van der Waals surface area (Å²) in [4.78, 5) is 0. The zero-order valence-electron chi connectivity index (χ0n) is 12.0. The Morgan fingerprint density at radius 2 is 2.05 bits per heavy atom. The minimum atomic E-state index is 0.388. The number of hydrogen-bond acceptors (Lipinski definition) is 1. The van der Waals surface area contributed by atoms with Gasteiger partial charge in [0.1, 0.15) is 0 Å². The molecule has 0 aliphatic heterocycles. The first-order chi connectivity index (χ1) is 9.20. The number of hydrogen-bond donors (Lipinski definition) is 1. The second-order valence-corrected chi connectivity index (χ2v) is 6.35. The number of allylic oxidation sites excluding steroid dienone is 1. The molecule has 0 radical (unpaired) electrons. The van der Waals surface area contributed by atoms with Gasteiger partial charge in [-0.1, -0.05) is 47.0 Å². The Kier molecular flexibility index (Phi) is 5.65. The fourth-order valence-corrected chi connectivity index (χ4v) is 3.53. The smallest absolute Gasteiger partial charge is 0.0536 e. The van der Waals surface area contributed by atoms with Crippen LogP contribution in [0.4, 0.5) is 0 Å². The lowest BCUT2D eigenvalue weighted by Crippen LogP contribution is -2.23.